The van der Waals surface area contributed by atoms with Gasteiger partial charge in [0.25, 0.3) is 0 Å². The standard InChI is InChI=1S/C20H23NO2S/c1-16-11-13-18(14-12-16)24(22,23)21-20(2)15-7-6-10-19(20)17-8-4-3-5-9-17/h3-5,8-14,21H,6-7,15H2,1-2H3. The first-order valence-electron chi connectivity index (χ1n) is 8.27. The van der Waals surface area contributed by atoms with E-state index in [-0.39, 0.29) is 0 Å². The first-order valence-corrected chi connectivity index (χ1v) is 9.76. The SMILES string of the molecule is Cc1ccc(S(=O)(=O)NC2(C)CCCC=C2c2ccccc2)cc1. The number of benzene rings is 2. The molecule has 0 fully saturated rings. The maximum Gasteiger partial charge on any atom is 0.241 e. The van der Waals surface area contributed by atoms with Crippen molar-refractivity contribution < 1.29 is 8.42 Å². The van der Waals surface area contributed by atoms with Crippen LogP contribution < -0.4 is 4.72 Å². The fraction of sp³-hybridized carbons (Fsp3) is 0.300. The van der Waals surface area contributed by atoms with Gasteiger partial charge in [-0.1, -0.05) is 54.1 Å². The molecule has 0 saturated heterocycles. The Hall–Kier alpha value is -1.91. The average Bonchev–Trinajstić information content (AvgIpc) is 2.55. The molecule has 24 heavy (non-hydrogen) atoms. The molecule has 2 aromatic rings. The topological polar surface area (TPSA) is 46.2 Å². The van der Waals surface area contributed by atoms with Crippen molar-refractivity contribution in [3.05, 3.63) is 71.8 Å². The highest BCUT2D eigenvalue weighted by Gasteiger charge is 2.36. The lowest BCUT2D eigenvalue weighted by molar-refractivity contribution is 0.455. The molecule has 1 aliphatic rings. The Bertz CT molecular complexity index is 839. The number of rotatable bonds is 4. The first kappa shape index (κ1) is 16.9. The molecular weight excluding hydrogens is 318 g/mol. The summed E-state index contributed by atoms with van der Waals surface area (Å²) in [5, 5.41) is 0. The molecule has 0 heterocycles. The molecule has 1 unspecified atom stereocenters. The Morgan fingerprint density at radius 2 is 1.67 bits per heavy atom. The zero-order valence-corrected chi connectivity index (χ0v) is 14.9. The smallest absolute Gasteiger partial charge is 0.207 e. The fourth-order valence-corrected chi connectivity index (χ4v) is 4.71. The zero-order valence-electron chi connectivity index (χ0n) is 14.1. The molecular formula is C20H23NO2S. The second-order valence-electron chi connectivity index (χ2n) is 6.63. The molecule has 3 rings (SSSR count). The van der Waals surface area contributed by atoms with Crippen LogP contribution in [0.3, 0.4) is 0 Å². The summed E-state index contributed by atoms with van der Waals surface area (Å²) in [7, 11) is -3.57. The molecule has 0 amide bonds. The van der Waals surface area contributed by atoms with Gasteiger partial charge in [-0.05, 0) is 56.4 Å². The molecule has 1 aliphatic carbocycles. The quantitative estimate of drug-likeness (QED) is 0.901. The number of hydrogen-bond donors (Lipinski definition) is 1. The Labute approximate surface area is 144 Å². The van der Waals surface area contributed by atoms with E-state index in [0.29, 0.717) is 4.90 Å². The second-order valence-corrected chi connectivity index (χ2v) is 8.31. The summed E-state index contributed by atoms with van der Waals surface area (Å²) in [6, 6.07) is 17.0. The number of allylic oxidation sites excluding steroid dienone is 1. The van der Waals surface area contributed by atoms with Gasteiger partial charge in [0, 0.05) is 0 Å². The third-order valence-corrected chi connectivity index (χ3v) is 6.21. The van der Waals surface area contributed by atoms with Crippen molar-refractivity contribution >= 4 is 15.6 Å². The molecule has 0 spiro atoms. The Kier molecular flexibility index (Phi) is 4.61. The lowest BCUT2D eigenvalue weighted by Crippen LogP contribution is -2.47. The average molecular weight is 341 g/mol. The van der Waals surface area contributed by atoms with Crippen molar-refractivity contribution in [3.63, 3.8) is 0 Å². The van der Waals surface area contributed by atoms with Crippen molar-refractivity contribution in [1.29, 1.82) is 0 Å². The summed E-state index contributed by atoms with van der Waals surface area (Å²) in [4.78, 5) is 0.312. The summed E-state index contributed by atoms with van der Waals surface area (Å²) in [5.41, 5.74) is 2.59. The zero-order chi connectivity index (χ0) is 17.2. The maximum atomic E-state index is 12.9. The van der Waals surface area contributed by atoms with Crippen LogP contribution in [0.2, 0.25) is 0 Å². The van der Waals surface area contributed by atoms with E-state index in [0.717, 1.165) is 36.0 Å². The van der Waals surface area contributed by atoms with E-state index in [2.05, 4.69) is 10.8 Å². The Balaban J connectivity index is 1.95. The molecule has 0 aliphatic heterocycles. The number of hydrogen-bond acceptors (Lipinski definition) is 2. The van der Waals surface area contributed by atoms with Crippen LogP contribution in [0.25, 0.3) is 5.57 Å². The van der Waals surface area contributed by atoms with E-state index in [4.69, 9.17) is 0 Å². The van der Waals surface area contributed by atoms with Crippen LogP contribution in [0.4, 0.5) is 0 Å². The van der Waals surface area contributed by atoms with E-state index < -0.39 is 15.6 Å². The number of aryl methyl sites for hydroxylation is 1. The summed E-state index contributed by atoms with van der Waals surface area (Å²) in [6.45, 7) is 3.93. The predicted octanol–water partition coefficient (Wildman–Crippen LogP) is 4.30. The number of nitrogens with one attached hydrogen (secondary N) is 1. The van der Waals surface area contributed by atoms with Gasteiger partial charge < -0.3 is 0 Å². The van der Waals surface area contributed by atoms with Crippen molar-refractivity contribution in [2.45, 2.75) is 43.5 Å². The van der Waals surface area contributed by atoms with Gasteiger partial charge in [0.2, 0.25) is 10.0 Å². The predicted molar refractivity (Wildman–Crippen MR) is 98.2 cm³/mol. The van der Waals surface area contributed by atoms with E-state index in [9.17, 15) is 8.42 Å². The molecule has 1 atom stereocenters. The fourth-order valence-electron chi connectivity index (χ4n) is 3.29. The number of sulfonamides is 1. The van der Waals surface area contributed by atoms with Gasteiger partial charge in [-0.25, -0.2) is 13.1 Å². The van der Waals surface area contributed by atoms with Crippen molar-refractivity contribution in [3.8, 4) is 0 Å². The highest BCUT2D eigenvalue weighted by atomic mass is 32.2. The minimum atomic E-state index is -3.57. The normalized spacial score (nSPS) is 21.3. The molecule has 126 valence electrons. The third kappa shape index (κ3) is 3.45. The molecule has 0 aromatic heterocycles. The highest BCUT2D eigenvalue weighted by molar-refractivity contribution is 7.89. The molecule has 0 saturated carbocycles. The lowest BCUT2D eigenvalue weighted by Gasteiger charge is -2.36. The van der Waals surface area contributed by atoms with Crippen LogP contribution in [-0.2, 0) is 10.0 Å². The van der Waals surface area contributed by atoms with Gasteiger partial charge in [-0.3, -0.25) is 0 Å². The summed E-state index contributed by atoms with van der Waals surface area (Å²) < 4.78 is 28.7. The van der Waals surface area contributed by atoms with Crippen LogP contribution in [0.15, 0.2) is 65.6 Å². The molecule has 3 nitrogen and oxygen atoms in total. The molecule has 2 aromatic carbocycles. The minimum Gasteiger partial charge on any atom is -0.207 e. The lowest BCUT2D eigenvalue weighted by atomic mass is 9.79. The summed E-state index contributed by atoms with van der Waals surface area (Å²) >= 11 is 0. The first-order chi connectivity index (χ1) is 11.4. The largest absolute Gasteiger partial charge is 0.241 e. The summed E-state index contributed by atoms with van der Waals surface area (Å²) in [5.74, 6) is 0. The van der Waals surface area contributed by atoms with Gasteiger partial charge in [0.1, 0.15) is 0 Å². The Morgan fingerprint density at radius 1 is 1.00 bits per heavy atom. The Morgan fingerprint density at radius 3 is 2.33 bits per heavy atom. The summed E-state index contributed by atoms with van der Waals surface area (Å²) in [6.07, 6.45) is 4.91. The maximum absolute atomic E-state index is 12.9. The van der Waals surface area contributed by atoms with Crippen LogP contribution in [-0.4, -0.2) is 14.0 Å². The minimum absolute atomic E-state index is 0.312. The van der Waals surface area contributed by atoms with Crippen LogP contribution >= 0.6 is 0 Å². The van der Waals surface area contributed by atoms with Gasteiger partial charge in [0.15, 0.2) is 0 Å². The third-order valence-electron chi connectivity index (χ3n) is 4.60. The van der Waals surface area contributed by atoms with Crippen LogP contribution in [0.1, 0.15) is 37.3 Å². The van der Waals surface area contributed by atoms with Crippen LogP contribution in [0, 0.1) is 6.92 Å². The molecule has 1 N–H and O–H groups in total. The second kappa shape index (κ2) is 6.54. The molecule has 4 heteroatoms. The van der Waals surface area contributed by atoms with E-state index >= 15 is 0 Å². The van der Waals surface area contributed by atoms with Crippen molar-refractivity contribution in [2.24, 2.45) is 0 Å². The van der Waals surface area contributed by atoms with Crippen molar-refractivity contribution in [1.82, 2.24) is 4.72 Å². The molecule has 0 bridgehead atoms. The van der Waals surface area contributed by atoms with E-state index in [1.54, 1.807) is 12.1 Å². The highest BCUT2D eigenvalue weighted by Crippen LogP contribution is 2.37. The van der Waals surface area contributed by atoms with E-state index in [1.807, 2.05) is 56.3 Å². The molecule has 0 radical (unpaired) electrons. The van der Waals surface area contributed by atoms with Gasteiger partial charge in [-0.15, -0.1) is 0 Å². The van der Waals surface area contributed by atoms with Crippen LogP contribution in [0.5, 0.6) is 0 Å². The van der Waals surface area contributed by atoms with Crippen molar-refractivity contribution in [2.75, 3.05) is 0 Å². The van der Waals surface area contributed by atoms with Gasteiger partial charge in [-0.2, -0.15) is 0 Å². The van der Waals surface area contributed by atoms with Gasteiger partial charge in [0.05, 0.1) is 10.4 Å². The monoisotopic (exact) mass is 341 g/mol. The van der Waals surface area contributed by atoms with E-state index in [1.165, 1.54) is 0 Å². The van der Waals surface area contributed by atoms with Gasteiger partial charge >= 0.3 is 0 Å².